The number of thioether (sulfide) groups is 1. The number of amides is 1. The number of carbonyl (C=O) groups is 1. The molecule has 1 aliphatic rings. The Kier molecular flexibility index (Phi) is 3.98. The average Bonchev–Trinajstić information content (AvgIpc) is 2.89. The number of aryl methyl sites for hydroxylation is 1. The molecule has 1 aromatic heterocycles. The van der Waals surface area contributed by atoms with E-state index < -0.39 is 0 Å². The maximum atomic E-state index is 12.8. The highest BCUT2D eigenvalue weighted by atomic mass is 32.2. The Morgan fingerprint density at radius 3 is 2.91 bits per heavy atom. The van der Waals surface area contributed by atoms with Crippen molar-refractivity contribution in [1.29, 1.82) is 0 Å². The van der Waals surface area contributed by atoms with Crippen LogP contribution in [0.25, 0.3) is 0 Å². The molecule has 1 aliphatic heterocycles. The van der Waals surface area contributed by atoms with Crippen LogP contribution in [0.2, 0.25) is 0 Å². The number of carbonyl (C=O) groups excluding carboxylic acids is 1. The van der Waals surface area contributed by atoms with E-state index >= 15 is 0 Å². The lowest BCUT2D eigenvalue weighted by Crippen LogP contribution is -2.28. The van der Waals surface area contributed by atoms with E-state index in [2.05, 4.69) is 10.3 Å². The van der Waals surface area contributed by atoms with E-state index in [1.807, 2.05) is 0 Å². The number of nitrogens with one attached hydrogen (secondary N) is 1. The summed E-state index contributed by atoms with van der Waals surface area (Å²) in [6, 6.07) is 5.37. The number of fused-ring (bicyclic) bond motifs is 1. The van der Waals surface area contributed by atoms with Crippen LogP contribution in [0.5, 0.6) is 0 Å². The summed E-state index contributed by atoms with van der Waals surface area (Å²) in [4.78, 5) is 28.5. The van der Waals surface area contributed by atoms with Gasteiger partial charge in [0.25, 0.3) is 5.56 Å². The molecular weight excluding hydrogens is 305 g/mol. The molecule has 114 valence electrons. The highest BCUT2D eigenvalue weighted by Crippen LogP contribution is 2.32. The molecule has 0 bridgehead atoms. The molecule has 0 radical (unpaired) electrons. The summed E-state index contributed by atoms with van der Waals surface area (Å²) in [5, 5.41) is 3.36. The Balaban J connectivity index is 1.73. The quantitative estimate of drug-likeness (QED) is 0.882. The molecule has 7 heteroatoms. The summed E-state index contributed by atoms with van der Waals surface area (Å²) < 4.78 is 14.4. The van der Waals surface area contributed by atoms with Crippen molar-refractivity contribution in [3.63, 3.8) is 0 Å². The summed E-state index contributed by atoms with van der Waals surface area (Å²) in [6.45, 7) is 1.71. The Hall–Kier alpha value is -2.15. The molecule has 0 aliphatic carbocycles. The van der Waals surface area contributed by atoms with Crippen molar-refractivity contribution in [2.24, 2.45) is 0 Å². The first-order chi connectivity index (χ1) is 10.5. The molecule has 1 aromatic carbocycles. The van der Waals surface area contributed by atoms with E-state index in [0.717, 1.165) is 0 Å². The Bertz CT molecular complexity index is 773. The van der Waals surface area contributed by atoms with E-state index in [4.69, 9.17) is 0 Å². The summed E-state index contributed by atoms with van der Waals surface area (Å²) in [5.74, 6) is 0.0772. The van der Waals surface area contributed by atoms with Crippen LogP contribution < -0.4 is 10.9 Å². The predicted octanol–water partition coefficient (Wildman–Crippen LogP) is 2.37. The third-order valence-electron chi connectivity index (χ3n) is 3.45. The molecule has 22 heavy (non-hydrogen) atoms. The number of aromatic nitrogens is 2. The van der Waals surface area contributed by atoms with Crippen molar-refractivity contribution in [2.75, 3.05) is 11.1 Å². The van der Waals surface area contributed by atoms with Gasteiger partial charge in [0.15, 0.2) is 5.16 Å². The predicted molar refractivity (Wildman–Crippen MR) is 82.6 cm³/mol. The van der Waals surface area contributed by atoms with Crippen LogP contribution in [0, 0.1) is 12.7 Å². The van der Waals surface area contributed by atoms with Crippen LogP contribution in [0.3, 0.4) is 0 Å². The fourth-order valence-electron chi connectivity index (χ4n) is 2.33. The summed E-state index contributed by atoms with van der Waals surface area (Å²) in [7, 11) is 0. The SMILES string of the molecule is Cc1cnc2n(c1=O)C(CC(=O)Nc1ccc(F)cc1)CS2. The fraction of sp³-hybridized carbons (Fsp3) is 0.267. The van der Waals surface area contributed by atoms with Gasteiger partial charge in [-0.25, -0.2) is 9.37 Å². The number of rotatable bonds is 3. The maximum Gasteiger partial charge on any atom is 0.257 e. The third kappa shape index (κ3) is 2.89. The monoisotopic (exact) mass is 319 g/mol. The second kappa shape index (κ2) is 5.92. The van der Waals surface area contributed by atoms with Crippen LogP contribution in [0.4, 0.5) is 10.1 Å². The molecule has 5 nitrogen and oxygen atoms in total. The Morgan fingerprint density at radius 2 is 2.18 bits per heavy atom. The first-order valence-corrected chi connectivity index (χ1v) is 7.79. The van der Waals surface area contributed by atoms with Crippen LogP contribution in [-0.2, 0) is 4.79 Å². The largest absolute Gasteiger partial charge is 0.326 e. The van der Waals surface area contributed by atoms with E-state index in [1.54, 1.807) is 17.7 Å². The standard InChI is InChI=1S/C15H14FN3O2S/c1-9-7-17-15-19(14(9)21)12(8-22-15)6-13(20)18-11-4-2-10(16)3-5-11/h2-5,7,12H,6,8H2,1H3,(H,18,20). The van der Waals surface area contributed by atoms with E-state index in [0.29, 0.717) is 22.2 Å². The number of halogens is 1. The van der Waals surface area contributed by atoms with Gasteiger partial charge in [0, 0.05) is 29.6 Å². The number of nitrogens with zero attached hydrogens (tertiary/aromatic N) is 2. The minimum Gasteiger partial charge on any atom is -0.326 e. The van der Waals surface area contributed by atoms with Crippen LogP contribution in [0.1, 0.15) is 18.0 Å². The van der Waals surface area contributed by atoms with Gasteiger partial charge in [-0.1, -0.05) is 11.8 Å². The topological polar surface area (TPSA) is 64.0 Å². The first kappa shape index (κ1) is 14.8. The van der Waals surface area contributed by atoms with Crippen LogP contribution >= 0.6 is 11.8 Å². The molecule has 2 aromatic rings. The minimum absolute atomic E-state index is 0.102. The zero-order valence-corrected chi connectivity index (χ0v) is 12.7. The number of hydrogen-bond donors (Lipinski definition) is 1. The zero-order chi connectivity index (χ0) is 15.7. The summed E-state index contributed by atoms with van der Waals surface area (Å²) in [5.41, 5.74) is 0.997. The molecule has 0 fully saturated rings. The number of anilines is 1. The molecule has 0 saturated carbocycles. The molecule has 0 saturated heterocycles. The first-order valence-electron chi connectivity index (χ1n) is 6.81. The lowest BCUT2D eigenvalue weighted by Gasteiger charge is -2.13. The lowest BCUT2D eigenvalue weighted by molar-refractivity contribution is -0.116. The maximum absolute atomic E-state index is 12.8. The Morgan fingerprint density at radius 1 is 1.45 bits per heavy atom. The van der Waals surface area contributed by atoms with Gasteiger partial charge in [0.1, 0.15) is 5.82 Å². The van der Waals surface area contributed by atoms with Gasteiger partial charge in [0.2, 0.25) is 5.91 Å². The second-order valence-electron chi connectivity index (χ2n) is 5.12. The molecule has 1 N–H and O–H groups in total. The van der Waals surface area contributed by atoms with E-state index in [1.165, 1.54) is 36.0 Å². The lowest BCUT2D eigenvalue weighted by atomic mass is 10.2. The molecule has 1 atom stereocenters. The summed E-state index contributed by atoms with van der Waals surface area (Å²) in [6.07, 6.45) is 1.74. The molecule has 1 amide bonds. The van der Waals surface area contributed by atoms with Crippen molar-refractivity contribution in [2.45, 2.75) is 24.5 Å². The second-order valence-corrected chi connectivity index (χ2v) is 6.11. The zero-order valence-electron chi connectivity index (χ0n) is 11.9. The minimum atomic E-state index is -0.354. The highest BCUT2D eigenvalue weighted by molar-refractivity contribution is 7.99. The van der Waals surface area contributed by atoms with Crippen molar-refractivity contribution in [3.05, 3.63) is 52.2 Å². The number of hydrogen-bond acceptors (Lipinski definition) is 4. The summed E-state index contributed by atoms with van der Waals surface area (Å²) >= 11 is 1.47. The van der Waals surface area contributed by atoms with Crippen molar-refractivity contribution in [1.82, 2.24) is 9.55 Å². The van der Waals surface area contributed by atoms with Crippen molar-refractivity contribution < 1.29 is 9.18 Å². The molecule has 3 rings (SSSR count). The molecular formula is C15H14FN3O2S. The van der Waals surface area contributed by atoms with Gasteiger partial charge in [0.05, 0.1) is 6.04 Å². The van der Waals surface area contributed by atoms with Gasteiger partial charge in [-0.05, 0) is 31.2 Å². The Labute approximate surface area is 130 Å². The van der Waals surface area contributed by atoms with Gasteiger partial charge < -0.3 is 5.32 Å². The third-order valence-corrected chi connectivity index (χ3v) is 4.56. The van der Waals surface area contributed by atoms with Gasteiger partial charge in [-0.3, -0.25) is 14.2 Å². The highest BCUT2D eigenvalue weighted by Gasteiger charge is 2.27. The number of benzene rings is 1. The van der Waals surface area contributed by atoms with Crippen LogP contribution in [-0.4, -0.2) is 21.2 Å². The fourth-order valence-corrected chi connectivity index (χ4v) is 3.44. The smallest absolute Gasteiger partial charge is 0.257 e. The van der Waals surface area contributed by atoms with Gasteiger partial charge in [-0.2, -0.15) is 0 Å². The molecule has 2 heterocycles. The molecule has 1 unspecified atom stereocenters. The van der Waals surface area contributed by atoms with E-state index in [9.17, 15) is 14.0 Å². The van der Waals surface area contributed by atoms with Gasteiger partial charge >= 0.3 is 0 Å². The van der Waals surface area contributed by atoms with Gasteiger partial charge in [-0.15, -0.1) is 0 Å². The van der Waals surface area contributed by atoms with Crippen molar-refractivity contribution in [3.8, 4) is 0 Å². The average molecular weight is 319 g/mol. The molecule has 0 spiro atoms. The van der Waals surface area contributed by atoms with Crippen molar-refractivity contribution >= 4 is 23.4 Å². The van der Waals surface area contributed by atoms with E-state index in [-0.39, 0.29) is 29.7 Å². The normalized spacial score (nSPS) is 16.4. The van der Waals surface area contributed by atoms with Crippen LogP contribution in [0.15, 0.2) is 40.4 Å².